The maximum Gasteiger partial charge on any atom is 0.341 e. The first-order valence-electron chi connectivity index (χ1n) is 11.2. The number of amidine groups is 1. The Labute approximate surface area is 230 Å². The predicted molar refractivity (Wildman–Crippen MR) is 149 cm³/mol. The number of thioether (sulfide) groups is 1. The molecule has 0 bridgehead atoms. The number of anilines is 2. The van der Waals surface area contributed by atoms with Crippen LogP contribution in [0.1, 0.15) is 12.0 Å². The topological polar surface area (TPSA) is 141 Å². The number of ether oxygens (including phenoxy) is 1. The van der Waals surface area contributed by atoms with Crippen molar-refractivity contribution in [2.45, 2.75) is 11.7 Å². The molecule has 0 unspecified atom stereocenters. The SMILES string of the molecule is O=C(O)COc1ccc(/C=N\N=C2/S[C@H](CC(=O)Nc3ccc(Br)cc3)C(=O)N2c2ccc(O)cc2)cc1. The Bertz CT molecular complexity index is 1380. The molecule has 38 heavy (non-hydrogen) atoms. The number of hydrogen-bond acceptors (Lipinski definition) is 8. The predicted octanol–water partition coefficient (Wildman–Crippen LogP) is 4.49. The molecule has 194 valence electrons. The van der Waals surface area contributed by atoms with Crippen LogP contribution in [0, 0.1) is 0 Å². The van der Waals surface area contributed by atoms with Crippen molar-refractivity contribution in [3.63, 3.8) is 0 Å². The Morgan fingerprint density at radius 3 is 2.39 bits per heavy atom. The first-order valence-corrected chi connectivity index (χ1v) is 12.9. The van der Waals surface area contributed by atoms with Crippen LogP contribution in [0.4, 0.5) is 11.4 Å². The second kappa shape index (κ2) is 12.4. The number of phenolic OH excluding ortho intramolecular Hbond substituents is 1. The lowest BCUT2D eigenvalue weighted by molar-refractivity contribution is -0.139. The van der Waals surface area contributed by atoms with Crippen molar-refractivity contribution >= 4 is 68.2 Å². The van der Waals surface area contributed by atoms with Crippen LogP contribution in [0.25, 0.3) is 0 Å². The minimum atomic E-state index is -1.07. The maximum atomic E-state index is 13.3. The van der Waals surface area contributed by atoms with E-state index in [2.05, 4.69) is 31.4 Å². The summed E-state index contributed by atoms with van der Waals surface area (Å²) in [7, 11) is 0. The number of rotatable bonds is 9. The second-order valence-corrected chi connectivity index (χ2v) is 10.0. The van der Waals surface area contributed by atoms with E-state index in [-0.39, 0.29) is 29.2 Å². The van der Waals surface area contributed by atoms with E-state index >= 15 is 0 Å². The third-order valence-electron chi connectivity index (χ3n) is 5.13. The number of amides is 2. The lowest BCUT2D eigenvalue weighted by atomic mass is 10.2. The third-order valence-corrected chi connectivity index (χ3v) is 6.79. The minimum Gasteiger partial charge on any atom is -0.508 e. The van der Waals surface area contributed by atoms with Gasteiger partial charge in [-0.05, 0) is 78.4 Å². The highest BCUT2D eigenvalue weighted by Crippen LogP contribution is 2.34. The summed E-state index contributed by atoms with van der Waals surface area (Å²) in [6, 6.07) is 19.7. The van der Waals surface area contributed by atoms with E-state index in [1.165, 1.54) is 23.2 Å². The quantitative estimate of drug-likeness (QED) is 0.244. The summed E-state index contributed by atoms with van der Waals surface area (Å²) in [6.45, 7) is -0.443. The van der Waals surface area contributed by atoms with Crippen LogP contribution in [-0.2, 0) is 14.4 Å². The van der Waals surface area contributed by atoms with Gasteiger partial charge in [-0.15, -0.1) is 5.10 Å². The molecule has 3 aromatic rings. The number of carboxylic acids is 1. The molecule has 0 saturated carbocycles. The zero-order valence-electron chi connectivity index (χ0n) is 19.7. The first kappa shape index (κ1) is 26.9. The summed E-state index contributed by atoms with van der Waals surface area (Å²) in [5.41, 5.74) is 1.76. The van der Waals surface area contributed by atoms with Gasteiger partial charge in [0, 0.05) is 16.6 Å². The molecule has 3 aromatic carbocycles. The summed E-state index contributed by atoms with van der Waals surface area (Å²) in [4.78, 5) is 37.9. The summed E-state index contributed by atoms with van der Waals surface area (Å²) >= 11 is 4.47. The smallest absolute Gasteiger partial charge is 0.341 e. The van der Waals surface area contributed by atoms with Gasteiger partial charge in [0.05, 0.1) is 11.9 Å². The van der Waals surface area contributed by atoms with Crippen molar-refractivity contribution in [2.75, 3.05) is 16.8 Å². The number of phenols is 1. The van der Waals surface area contributed by atoms with Gasteiger partial charge in [0.15, 0.2) is 11.8 Å². The largest absolute Gasteiger partial charge is 0.508 e. The summed E-state index contributed by atoms with van der Waals surface area (Å²) in [5.74, 6) is -1.28. The zero-order valence-corrected chi connectivity index (χ0v) is 22.1. The van der Waals surface area contributed by atoms with Gasteiger partial charge in [-0.2, -0.15) is 5.10 Å². The molecule has 2 amide bonds. The Morgan fingerprint density at radius 1 is 1.05 bits per heavy atom. The first-order chi connectivity index (χ1) is 18.3. The number of aliphatic carboxylic acids is 1. The van der Waals surface area contributed by atoms with E-state index in [4.69, 9.17) is 9.84 Å². The van der Waals surface area contributed by atoms with Crippen LogP contribution in [0.2, 0.25) is 0 Å². The van der Waals surface area contributed by atoms with Crippen molar-refractivity contribution in [3.8, 4) is 11.5 Å². The van der Waals surface area contributed by atoms with Crippen molar-refractivity contribution < 1.29 is 29.3 Å². The van der Waals surface area contributed by atoms with Gasteiger partial charge in [-0.3, -0.25) is 14.5 Å². The van der Waals surface area contributed by atoms with E-state index < -0.39 is 17.8 Å². The van der Waals surface area contributed by atoms with Gasteiger partial charge in [0.1, 0.15) is 16.7 Å². The van der Waals surface area contributed by atoms with Crippen LogP contribution in [0.3, 0.4) is 0 Å². The number of carbonyl (C=O) groups excluding carboxylic acids is 2. The van der Waals surface area contributed by atoms with Crippen LogP contribution in [0.15, 0.2) is 87.5 Å². The number of aromatic hydroxyl groups is 1. The molecule has 1 aliphatic heterocycles. The standard InChI is InChI=1S/C26H21BrN4O6S/c27-17-3-5-18(6-4-17)29-23(33)13-22-25(36)31(19-7-9-20(32)10-8-19)26(38-22)30-28-14-16-1-11-21(12-2-16)37-15-24(34)35/h1-12,14,22,32H,13,15H2,(H,29,33)(H,34,35)/b28-14-,30-26-/t22-/m1/s1. The number of carbonyl (C=O) groups is 3. The molecule has 1 aliphatic rings. The fourth-order valence-electron chi connectivity index (χ4n) is 3.36. The molecular weight excluding hydrogens is 576 g/mol. The highest BCUT2D eigenvalue weighted by Gasteiger charge is 2.40. The summed E-state index contributed by atoms with van der Waals surface area (Å²) < 4.78 is 5.99. The molecule has 4 rings (SSSR count). The number of nitrogens with zero attached hydrogens (tertiary/aromatic N) is 3. The molecule has 0 radical (unpaired) electrons. The number of hydrogen-bond donors (Lipinski definition) is 3. The van der Waals surface area contributed by atoms with Crippen LogP contribution < -0.4 is 15.0 Å². The molecule has 10 nitrogen and oxygen atoms in total. The van der Waals surface area contributed by atoms with Gasteiger partial charge < -0.3 is 20.3 Å². The zero-order chi connectivity index (χ0) is 27.1. The van der Waals surface area contributed by atoms with Gasteiger partial charge in [-0.1, -0.05) is 27.7 Å². The van der Waals surface area contributed by atoms with E-state index in [0.29, 0.717) is 22.7 Å². The third kappa shape index (κ3) is 7.20. The van der Waals surface area contributed by atoms with Crippen molar-refractivity contribution in [3.05, 3.63) is 82.8 Å². The molecule has 1 heterocycles. The molecule has 0 aromatic heterocycles. The number of nitrogens with one attached hydrogen (secondary N) is 1. The average Bonchev–Trinajstić information content (AvgIpc) is 3.19. The molecule has 12 heteroatoms. The lowest BCUT2D eigenvalue weighted by Crippen LogP contribution is -2.33. The maximum absolute atomic E-state index is 13.3. The van der Waals surface area contributed by atoms with E-state index in [1.807, 2.05) is 0 Å². The van der Waals surface area contributed by atoms with Crippen molar-refractivity contribution in [2.24, 2.45) is 10.2 Å². The highest BCUT2D eigenvalue weighted by molar-refractivity contribution is 9.10. The Morgan fingerprint density at radius 2 is 1.74 bits per heavy atom. The van der Waals surface area contributed by atoms with Gasteiger partial charge in [0.2, 0.25) is 11.8 Å². The molecule has 0 spiro atoms. The lowest BCUT2D eigenvalue weighted by Gasteiger charge is -2.16. The Hall–Kier alpha value is -4.16. The highest BCUT2D eigenvalue weighted by atomic mass is 79.9. The van der Waals surface area contributed by atoms with Gasteiger partial charge in [-0.25, -0.2) is 4.79 Å². The van der Waals surface area contributed by atoms with Crippen LogP contribution in [0.5, 0.6) is 11.5 Å². The Balaban J connectivity index is 1.49. The molecular formula is C26H21BrN4O6S. The number of benzene rings is 3. The minimum absolute atomic E-state index is 0.0470. The second-order valence-electron chi connectivity index (χ2n) is 7.93. The number of carboxylic acid groups (broad SMARTS) is 1. The average molecular weight is 597 g/mol. The molecule has 1 fully saturated rings. The monoisotopic (exact) mass is 596 g/mol. The van der Waals surface area contributed by atoms with E-state index in [9.17, 15) is 19.5 Å². The fraction of sp³-hybridized carbons (Fsp3) is 0.115. The Kier molecular flexibility index (Phi) is 8.77. The molecule has 0 aliphatic carbocycles. The fourth-order valence-corrected chi connectivity index (χ4v) is 4.71. The molecule has 1 atom stereocenters. The van der Waals surface area contributed by atoms with Gasteiger partial charge in [0.25, 0.3) is 0 Å². The number of halogens is 1. The molecule has 1 saturated heterocycles. The molecule has 3 N–H and O–H groups in total. The summed E-state index contributed by atoms with van der Waals surface area (Å²) in [5, 5.41) is 29.0. The normalized spacial score (nSPS) is 16.2. The van der Waals surface area contributed by atoms with E-state index in [0.717, 1.165) is 16.2 Å². The van der Waals surface area contributed by atoms with Crippen LogP contribution in [-0.4, -0.2) is 51.2 Å². The van der Waals surface area contributed by atoms with Crippen molar-refractivity contribution in [1.82, 2.24) is 0 Å². The van der Waals surface area contributed by atoms with Crippen LogP contribution >= 0.6 is 27.7 Å². The van der Waals surface area contributed by atoms with E-state index in [1.54, 1.807) is 60.7 Å². The summed E-state index contributed by atoms with van der Waals surface area (Å²) in [6.07, 6.45) is 1.40. The van der Waals surface area contributed by atoms with Crippen molar-refractivity contribution in [1.29, 1.82) is 0 Å². The van der Waals surface area contributed by atoms with Gasteiger partial charge >= 0.3 is 5.97 Å².